The molecule has 17 heavy (non-hydrogen) atoms. The van der Waals surface area contributed by atoms with E-state index in [2.05, 4.69) is 5.32 Å². The highest BCUT2D eigenvalue weighted by atomic mass is 16.2. The molecule has 0 aliphatic rings. The number of nitrogens with one attached hydrogen (secondary N) is 1. The zero-order valence-corrected chi connectivity index (χ0v) is 10.1. The molecule has 0 saturated heterocycles. The number of nitrogens with zero attached hydrogens (tertiary/aromatic N) is 1. The van der Waals surface area contributed by atoms with Crippen LogP contribution in [0.2, 0.25) is 0 Å². The van der Waals surface area contributed by atoms with E-state index in [0.717, 1.165) is 5.69 Å². The molecule has 0 spiro atoms. The van der Waals surface area contributed by atoms with Crippen molar-refractivity contribution < 1.29 is 9.59 Å². The first kappa shape index (κ1) is 13.0. The van der Waals surface area contributed by atoms with Gasteiger partial charge in [0.15, 0.2) is 0 Å². The Bertz CT molecular complexity index is 399. The molecule has 2 amide bonds. The molecule has 5 heteroatoms. The third-order valence-corrected chi connectivity index (χ3v) is 2.34. The molecule has 0 aromatic heterocycles. The molecule has 0 fully saturated rings. The lowest BCUT2D eigenvalue weighted by Gasteiger charge is -2.11. The Morgan fingerprint density at radius 3 is 2.29 bits per heavy atom. The van der Waals surface area contributed by atoms with E-state index in [0.29, 0.717) is 18.5 Å². The lowest BCUT2D eigenvalue weighted by Crippen LogP contribution is -2.23. The molecular weight excluding hydrogens is 218 g/mol. The lowest BCUT2D eigenvalue weighted by molar-refractivity contribution is -0.128. The number of rotatable bonds is 5. The van der Waals surface area contributed by atoms with Crippen molar-refractivity contribution in [3.05, 3.63) is 29.8 Å². The number of amides is 2. The van der Waals surface area contributed by atoms with Gasteiger partial charge in [0.25, 0.3) is 0 Å². The molecule has 92 valence electrons. The maximum absolute atomic E-state index is 11.3. The molecule has 0 radical (unpaired) electrons. The Morgan fingerprint density at radius 1 is 1.24 bits per heavy atom. The number of carbonyl (C=O) groups excluding carboxylic acids is 2. The minimum Gasteiger partial charge on any atom is -0.385 e. The van der Waals surface area contributed by atoms with Gasteiger partial charge in [-0.05, 0) is 24.3 Å². The molecule has 1 aromatic carbocycles. The number of carbonyl (C=O) groups is 2. The van der Waals surface area contributed by atoms with Gasteiger partial charge in [0, 0.05) is 38.3 Å². The maximum Gasteiger partial charge on any atom is 0.248 e. The van der Waals surface area contributed by atoms with Crippen LogP contribution in [0.25, 0.3) is 0 Å². The van der Waals surface area contributed by atoms with Gasteiger partial charge in [-0.1, -0.05) is 0 Å². The zero-order valence-electron chi connectivity index (χ0n) is 10.1. The second-order valence-corrected chi connectivity index (χ2v) is 3.91. The van der Waals surface area contributed by atoms with Crippen LogP contribution in [0.5, 0.6) is 0 Å². The van der Waals surface area contributed by atoms with E-state index in [1.807, 2.05) is 0 Å². The third kappa shape index (κ3) is 4.14. The number of hydrogen-bond acceptors (Lipinski definition) is 3. The Labute approximate surface area is 101 Å². The predicted octanol–water partition coefficient (Wildman–Crippen LogP) is 0.676. The summed E-state index contributed by atoms with van der Waals surface area (Å²) < 4.78 is 0. The molecule has 0 bridgehead atoms. The van der Waals surface area contributed by atoms with Crippen molar-refractivity contribution in [1.82, 2.24) is 4.90 Å². The molecule has 1 aromatic rings. The summed E-state index contributed by atoms with van der Waals surface area (Å²) in [5, 5.41) is 3.10. The number of hydrogen-bond donors (Lipinski definition) is 2. The van der Waals surface area contributed by atoms with E-state index in [9.17, 15) is 9.59 Å². The summed E-state index contributed by atoms with van der Waals surface area (Å²) in [5.41, 5.74) is 6.46. The van der Waals surface area contributed by atoms with Crippen LogP contribution in [0.4, 0.5) is 5.69 Å². The highest BCUT2D eigenvalue weighted by Gasteiger charge is 2.03. The summed E-state index contributed by atoms with van der Waals surface area (Å²) in [6.45, 7) is 0.562. The van der Waals surface area contributed by atoms with Gasteiger partial charge in [-0.3, -0.25) is 9.59 Å². The van der Waals surface area contributed by atoms with Crippen LogP contribution < -0.4 is 11.1 Å². The van der Waals surface area contributed by atoms with E-state index in [1.165, 1.54) is 0 Å². The molecule has 3 N–H and O–H groups in total. The Morgan fingerprint density at radius 2 is 1.82 bits per heavy atom. The van der Waals surface area contributed by atoms with Gasteiger partial charge < -0.3 is 16.0 Å². The molecule has 0 heterocycles. The van der Waals surface area contributed by atoms with Crippen molar-refractivity contribution in [3.63, 3.8) is 0 Å². The quantitative estimate of drug-likeness (QED) is 0.787. The lowest BCUT2D eigenvalue weighted by atomic mass is 10.2. The Kier molecular flexibility index (Phi) is 4.51. The second kappa shape index (κ2) is 5.89. The van der Waals surface area contributed by atoms with Crippen LogP contribution in [0.3, 0.4) is 0 Å². The van der Waals surface area contributed by atoms with Crippen LogP contribution in [-0.4, -0.2) is 37.4 Å². The highest BCUT2D eigenvalue weighted by Crippen LogP contribution is 2.08. The van der Waals surface area contributed by atoms with Crippen molar-refractivity contribution in [2.75, 3.05) is 26.0 Å². The average Bonchev–Trinajstić information content (AvgIpc) is 2.29. The molecule has 0 aliphatic carbocycles. The summed E-state index contributed by atoms with van der Waals surface area (Å²) in [7, 11) is 3.45. The second-order valence-electron chi connectivity index (χ2n) is 3.91. The number of nitrogens with two attached hydrogens (primary N) is 1. The first-order chi connectivity index (χ1) is 8.00. The van der Waals surface area contributed by atoms with Gasteiger partial charge in [0.05, 0.1) is 0 Å². The largest absolute Gasteiger partial charge is 0.385 e. The number of anilines is 1. The fourth-order valence-corrected chi connectivity index (χ4v) is 1.29. The van der Waals surface area contributed by atoms with Crippen LogP contribution in [0.1, 0.15) is 16.8 Å². The molecule has 0 unspecified atom stereocenters. The van der Waals surface area contributed by atoms with Crippen LogP contribution >= 0.6 is 0 Å². The van der Waals surface area contributed by atoms with Gasteiger partial charge in [0.1, 0.15) is 0 Å². The SMILES string of the molecule is CN(C)C(=O)CCNc1ccc(C(N)=O)cc1. The van der Waals surface area contributed by atoms with Crippen molar-refractivity contribution >= 4 is 17.5 Å². The van der Waals surface area contributed by atoms with E-state index >= 15 is 0 Å². The fourth-order valence-electron chi connectivity index (χ4n) is 1.29. The Balaban J connectivity index is 2.42. The van der Waals surface area contributed by atoms with Crippen molar-refractivity contribution in [2.45, 2.75) is 6.42 Å². The smallest absolute Gasteiger partial charge is 0.248 e. The van der Waals surface area contributed by atoms with E-state index < -0.39 is 5.91 Å². The average molecular weight is 235 g/mol. The zero-order chi connectivity index (χ0) is 12.8. The molecule has 0 saturated carbocycles. The van der Waals surface area contributed by atoms with Gasteiger partial charge in [-0.15, -0.1) is 0 Å². The first-order valence-corrected chi connectivity index (χ1v) is 5.34. The van der Waals surface area contributed by atoms with E-state index in [4.69, 9.17) is 5.73 Å². The predicted molar refractivity (Wildman–Crippen MR) is 66.8 cm³/mol. The van der Waals surface area contributed by atoms with Crippen molar-refractivity contribution in [3.8, 4) is 0 Å². The normalized spacial score (nSPS) is 9.76. The number of benzene rings is 1. The standard InChI is InChI=1S/C12H17N3O2/c1-15(2)11(16)7-8-14-10-5-3-9(4-6-10)12(13)17/h3-6,14H,7-8H2,1-2H3,(H2,13,17). The molecule has 0 atom stereocenters. The first-order valence-electron chi connectivity index (χ1n) is 5.34. The van der Waals surface area contributed by atoms with E-state index in [-0.39, 0.29) is 5.91 Å². The minimum atomic E-state index is -0.445. The molecule has 0 aliphatic heterocycles. The Hall–Kier alpha value is -2.04. The maximum atomic E-state index is 11.3. The van der Waals surface area contributed by atoms with Gasteiger partial charge in [-0.25, -0.2) is 0 Å². The van der Waals surface area contributed by atoms with Crippen molar-refractivity contribution in [1.29, 1.82) is 0 Å². The summed E-state index contributed by atoms with van der Waals surface area (Å²) in [4.78, 5) is 23.7. The van der Waals surface area contributed by atoms with Gasteiger partial charge in [0.2, 0.25) is 11.8 Å². The fraction of sp³-hybridized carbons (Fsp3) is 0.333. The molecule has 5 nitrogen and oxygen atoms in total. The topological polar surface area (TPSA) is 75.4 Å². The van der Waals surface area contributed by atoms with Crippen LogP contribution in [0, 0.1) is 0 Å². The molecule has 1 rings (SSSR count). The van der Waals surface area contributed by atoms with E-state index in [1.54, 1.807) is 43.3 Å². The third-order valence-electron chi connectivity index (χ3n) is 2.34. The molecular formula is C12H17N3O2. The van der Waals surface area contributed by atoms with Crippen LogP contribution in [-0.2, 0) is 4.79 Å². The van der Waals surface area contributed by atoms with Gasteiger partial charge in [-0.2, -0.15) is 0 Å². The van der Waals surface area contributed by atoms with Crippen LogP contribution in [0.15, 0.2) is 24.3 Å². The van der Waals surface area contributed by atoms with Gasteiger partial charge >= 0.3 is 0 Å². The monoisotopic (exact) mass is 235 g/mol. The summed E-state index contributed by atoms with van der Waals surface area (Å²) in [6, 6.07) is 6.83. The minimum absolute atomic E-state index is 0.0752. The van der Waals surface area contributed by atoms with Crippen molar-refractivity contribution in [2.24, 2.45) is 5.73 Å². The summed E-state index contributed by atoms with van der Waals surface area (Å²) in [6.07, 6.45) is 0.435. The highest BCUT2D eigenvalue weighted by molar-refractivity contribution is 5.93. The summed E-state index contributed by atoms with van der Waals surface area (Å²) in [5.74, 6) is -0.370. The number of primary amides is 1. The summed E-state index contributed by atoms with van der Waals surface area (Å²) >= 11 is 0.